The van der Waals surface area contributed by atoms with Crippen molar-refractivity contribution in [2.75, 3.05) is 0 Å². The maximum absolute atomic E-state index is 6.01. The minimum Gasteiger partial charge on any atom is -0.487 e. The molecular formula is C28H29N5O. The van der Waals surface area contributed by atoms with Gasteiger partial charge in [-0.2, -0.15) is 0 Å². The molecule has 1 unspecified atom stereocenters. The third-order valence-corrected chi connectivity index (χ3v) is 7.82. The lowest BCUT2D eigenvalue weighted by atomic mass is 9.64. The van der Waals surface area contributed by atoms with E-state index in [0.29, 0.717) is 12.5 Å². The third-order valence-electron chi connectivity index (χ3n) is 7.82. The van der Waals surface area contributed by atoms with Gasteiger partial charge in [-0.3, -0.25) is 4.98 Å². The molecule has 172 valence electrons. The number of hydrogen-bond donors (Lipinski definition) is 0. The van der Waals surface area contributed by atoms with Crippen LogP contribution in [0.3, 0.4) is 0 Å². The normalized spacial score (nSPS) is 23.3. The van der Waals surface area contributed by atoms with Crippen LogP contribution < -0.4 is 4.74 Å². The lowest BCUT2D eigenvalue weighted by molar-refractivity contribution is 0.299. The first-order valence-corrected chi connectivity index (χ1v) is 12.3. The molecule has 2 aromatic carbocycles. The van der Waals surface area contributed by atoms with Gasteiger partial charge in [0, 0.05) is 23.7 Å². The van der Waals surface area contributed by atoms with Crippen LogP contribution in [0, 0.1) is 11.8 Å². The van der Waals surface area contributed by atoms with Crippen LogP contribution in [0.5, 0.6) is 5.75 Å². The summed E-state index contributed by atoms with van der Waals surface area (Å²) in [6.07, 6.45) is 7.01. The van der Waals surface area contributed by atoms with Gasteiger partial charge in [0.05, 0.1) is 5.69 Å². The number of pyridine rings is 1. The number of hydrogen-bond acceptors (Lipinski definition) is 5. The molecule has 6 heteroatoms. The summed E-state index contributed by atoms with van der Waals surface area (Å²) in [6, 6.07) is 23.7. The zero-order valence-corrected chi connectivity index (χ0v) is 19.5. The molecule has 2 fully saturated rings. The molecule has 2 saturated carbocycles. The van der Waals surface area contributed by atoms with Gasteiger partial charge in [0.2, 0.25) is 0 Å². The van der Waals surface area contributed by atoms with Crippen LogP contribution in [-0.4, -0.2) is 25.2 Å². The Morgan fingerprint density at radius 2 is 1.76 bits per heavy atom. The molecule has 3 atom stereocenters. The number of aryl methyl sites for hydroxylation is 1. The van der Waals surface area contributed by atoms with E-state index in [0.717, 1.165) is 35.3 Å². The first-order valence-electron chi connectivity index (χ1n) is 12.3. The minimum absolute atomic E-state index is 0.0671. The second-order valence-corrected chi connectivity index (χ2v) is 9.58. The van der Waals surface area contributed by atoms with Crippen molar-refractivity contribution in [3.8, 4) is 17.1 Å². The minimum atomic E-state index is 0.0671. The van der Waals surface area contributed by atoms with E-state index in [4.69, 9.17) is 4.74 Å². The summed E-state index contributed by atoms with van der Waals surface area (Å²) in [5.41, 5.74) is 4.87. The Bertz CT molecular complexity index is 1250. The van der Waals surface area contributed by atoms with E-state index in [1.165, 1.54) is 36.8 Å². The van der Waals surface area contributed by atoms with Crippen molar-refractivity contribution in [3.05, 3.63) is 89.7 Å². The van der Waals surface area contributed by atoms with Crippen LogP contribution in [0.15, 0.2) is 72.9 Å². The van der Waals surface area contributed by atoms with Gasteiger partial charge in [0.25, 0.3) is 0 Å². The summed E-state index contributed by atoms with van der Waals surface area (Å²) < 4.78 is 7.84. The van der Waals surface area contributed by atoms with Crippen LogP contribution >= 0.6 is 0 Å². The topological polar surface area (TPSA) is 65.7 Å². The summed E-state index contributed by atoms with van der Waals surface area (Å²) in [5.74, 6) is 3.21. The molecule has 6 nitrogen and oxygen atoms in total. The molecular weight excluding hydrogens is 422 g/mol. The fourth-order valence-corrected chi connectivity index (χ4v) is 6.23. The van der Waals surface area contributed by atoms with Gasteiger partial charge in [-0.1, -0.05) is 48.9 Å². The predicted molar refractivity (Wildman–Crippen MR) is 130 cm³/mol. The SMILES string of the molecule is CCn1nnnc1-c1ccc([C@]2(c3ccc(OCc4ccccn4)cc3)CC3CC[C@@H]2C3)cc1. The molecule has 34 heavy (non-hydrogen) atoms. The van der Waals surface area contributed by atoms with Gasteiger partial charge in [-0.15, -0.1) is 5.10 Å². The monoisotopic (exact) mass is 451 g/mol. The highest BCUT2D eigenvalue weighted by molar-refractivity contribution is 5.57. The zero-order chi connectivity index (χ0) is 23.0. The highest BCUT2D eigenvalue weighted by Gasteiger charge is 2.52. The number of ether oxygens (including phenoxy) is 1. The van der Waals surface area contributed by atoms with E-state index in [2.05, 4.69) is 76.0 Å². The van der Waals surface area contributed by atoms with E-state index in [9.17, 15) is 0 Å². The van der Waals surface area contributed by atoms with Crippen LogP contribution in [0.1, 0.15) is 49.4 Å². The number of benzene rings is 2. The van der Waals surface area contributed by atoms with Gasteiger partial charge >= 0.3 is 0 Å². The fraction of sp³-hybridized carbons (Fsp3) is 0.357. The second-order valence-electron chi connectivity index (χ2n) is 9.58. The maximum Gasteiger partial charge on any atom is 0.181 e. The first-order chi connectivity index (χ1) is 16.8. The predicted octanol–water partition coefficient (Wildman–Crippen LogP) is 5.44. The van der Waals surface area contributed by atoms with Crippen LogP contribution in [0.2, 0.25) is 0 Å². The van der Waals surface area contributed by atoms with Crippen molar-refractivity contribution >= 4 is 0 Å². The van der Waals surface area contributed by atoms with Crippen LogP contribution in [0.4, 0.5) is 0 Å². The average Bonchev–Trinajstić information content (AvgIpc) is 3.65. The number of nitrogens with zero attached hydrogens (tertiary/aromatic N) is 5. The highest BCUT2D eigenvalue weighted by atomic mass is 16.5. The Morgan fingerprint density at radius 1 is 0.971 bits per heavy atom. The Morgan fingerprint density at radius 3 is 2.41 bits per heavy atom. The van der Waals surface area contributed by atoms with Gasteiger partial charge in [-0.05, 0) is 83.8 Å². The maximum atomic E-state index is 6.01. The molecule has 0 aliphatic heterocycles. The van der Waals surface area contributed by atoms with Crippen LogP contribution in [-0.2, 0) is 18.6 Å². The Kier molecular flexibility index (Phi) is 5.36. The summed E-state index contributed by atoms with van der Waals surface area (Å²) in [5, 5.41) is 12.2. The number of aromatic nitrogens is 5. The molecule has 0 radical (unpaired) electrons. The molecule has 0 spiro atoms. The van der Waals surface area contributed by atoms with E-state index < -0.39 is 0 Å². The largest absolute Gasteiger partial charge is 0.487 e. The molecule has 2 heterocycles. The summed E-state index contributed by atoms with van der Waals surface area (Å²) in [6.45, 7) is 3.30. The Labute approximate surface area is 200 Å². The lowest BCUT2D eigenvalue weighted by Gasteiger charge is -2.39. The summed E-state index contributed by atoms with van der Waals surface area (Å²) in [7, 11) is 0. The standard InChI is InChI=1S/C28H29N5O/c1-2-33-27(30-31-32-33)21-7-10-22(11-8-21)28(18-20-6-9-24(28)17-20)23-12-14-26(15-13-23)34-19-25-5-3-4-16-29-25/h3-5,7-8,10-16,20,24H,2,6,9,17-19H2,1H3/t20?,24-,28+/m1/s1. The third kappa shape index (κ3) is 3.58. The number of rotatable bonds is 7. The van der Waals surface area contributed by atoms with E-state index >= 15 is 0 Å². The molecule has 2 aliphatic carbocycles. The summed E-state index contributed by atoms with van der Waals surface area (Å²) in [4.78, 5) is 4.35. The second kappa shape index (κ2) is 8.67. The Balaban J connectivity index is 1.29. The molecule has 2 aliphatic rings. The van der Waals surface area contributed by atoms with Crippen molar-refractivity contribution in [1.82, 2.24) is 25.2 Å². The van der Waals surface area contributed by atoms with Gasteiger partial charge < -0.3 is 4.74 Å². The van der Waals surface area contributed by atoms with Crippen molar-refractivity contribution in [1.29, 1.82) is 0 Å². The molecule has 0 N–H and O–H groups in total. The van der Waals surface area contributed by atoms with E-state index in [1.807, 2.05) is 22.9 Å². The molecule has 2 aromatic heterocycles. The number of tetrazole rings is 1. The van der Waals surface area contributed by atoms with Gasteiger partial charge in [-0.25, -0.2) is 4.68 Å². The number of fused-ring (bicyclic) bond motifs is 2. The summed E-state index contributed by atoms with van der Waals surface area (Å²) >= 11 is 0. The zero-order valence-electron chi connectivity index (χ0n) is 19.5. The van der Waals surface area contributed by atoms with Crippen LogP contribution in [0.25, 0.3) is 11.4 Å². The van der Waals surface area contributed by atoms with Crippen molar-refractivity contribution in [2.45, 2.75) is 51.2 Å². The van der Waals surface area contributed by atoms with E-state index in [1.54, 1.807) is 6.20 Å². The average molecular weight is 452 g/mol. The molecule has 0 saturated heterocycles. The molecule has 4 aromatic rings. The smallest absolute Gasteiger partial charge is 0.181 e. The van der Waals surface area contributed by atoms with Gasteiger partial charge in [0.15, 0.2) is 5.82 Å². The van der Waals surface area contributed by atoms with Crippen molar-refractivity contribution in [3.63, 3.8) is 0 Å². The highest BCUT2D eigenvalue weighted by Crippen LogP contribution is 2.60. The molecule has 0 amide bonds. The molecule has 6 rings (SSSR count). The molecule has 2 bridgehead atoms. The Hall–Kier alpha value is -3.54. The van der Waals surface area contributed by atoms with Crippen molar-refractivity contribution in [2.24, 2.45) is 11.8 Å². The van der Waals surface area contributed by atoms with Gasteiger partial charge in [0.1, 0.15) is 12.4 Å². The van der Waals surface area contributed by atoms with E-state index in [-0.39, 0.29) is 5.41 Å². The fourth-order valence-electron chi connectivity index (χ4n) is 6.23. The first kappa shape index (κ1) is 21.0. The quantitative estimate of drug-likeness (QED) is 0.374. The lowest BCUT2D eigenvalue weighted by Crippen LogP contribution is -2.34. The van der Waals surface area contributed by atoms with Crippen molar-refractivity contribution < 1.29 is 4.74 Å².